The number of rotatable bonds is 4. The minimum Gasteiger partial charge on any atom is -0.324 e. The van der Waals surface area contributed by atoms with Crippen molar-refractivity contribution in [1.82, 2.24) is 14.8 Å². The van der Waals surface area contributed by atoms with Gasteiger partial charge < -0.3 is 5.32 Å². The van der Waals surface area contributed by atoms with Gasteiger partial charge >= 0.3 is 0 Å². The Morgan fingerprint density at radius 1 is 1.50 bits per heavy atom. The second-order valence-corrected chi connectivity index (χ2v) is 5.89. The molecule has 3 rings (SSSR count). The summed E-state index contributed by atoms with van der Waals surface area (Å²) >= 11 is 3.37. The van der Waals surface area contributed by atoms with Gasteiger partial charge in [0.15, 0.2) is 0 Å². The Balaban J connectivity index is 1.83. The summed E-state index contributed by atoms with van der Waals surface area (Å²) in [6.45, 7) is 2.05. The lowest BCUT2D eigenvalue weighted by molar-refractivity contribution is -0.120. The van der Waals surface area contributed by atoms with E-state index in [1.54, 1.807) is 23.3 Å². The van der Waals surface area contributed by atoms with Crippen molar-refractivity contribution in [1.29, 1.82) is 0 Å². The number of hydrogen-bond donors (Lipinski definition) is 1. The molecule has 1 fully saturated rings. The Hall–Kier alpha value is -1.69. The number of halogens is 1. The molecular formula is C14H15BrN4O. The Morgan fingerprint density at radius 2 is 2.30 bits per heavy atom. The monoisotopic (exact) mass is 334 g/mol. The third-order valence-corrected chi connectivity index (χ3v) is 4.08. The lowest BCUT2D eigenvalue weighted by atomic mass is 10.1. The van der Waals surface area contributed by atoms with Gasteiger partial charge in [-0.3, -0.25) is 14.5 Å². The van der Waals surface area contributed by atoms with Gasteiger partial charge in [0.25, 0.3) is 5.91 Å². The summed E-state index contributed by atoms with van der Waals surface area (Å²) in [6.07, 6.45) is 9.51. The van der Waals surface area contributed by atoms with E-state index in [1.165, 1.54) is 0 Å². The molecule has 1 saturated carbocycles. The molecule has 0 unspecified atom stereocenters. The Bertz CT molecular complexity index is 648. The van der Waals surface area contributed by atoms with Crippen LogP contribution < -0.4 is 5.32 Å². The first kappa shape index (κ1) is 13.3. The molecule has 2 heterocycles. The molecule has 1 aliphatic rings. The van der Waals surface area contributed by atoms with Crippen LogP contribution in [-0.2, 0) is 16.8 Å². The summed E-state index contributed by atoms with van der Waals surface area (Å²) in [4.78, 5) is 16.7. The van der Waals surface area contributed by atoms with Crippen molar-refractivity contribution >= 4 is 27.5 Å². The van der Waals surface area contributed by atoms with Crippen molar-refractivity contribution in [3.63, 3.8) is 0 Å². The first-order valence-corrected chi connectivity index (χ1v) is 7.40. The highest BCUT2D eigenvalue weighted by Gasteiger charge is 2.52. The quantitative estimate of drug-likeness (QED) is 0.935. The predicted molar refractivity (Wildman–Crippen MR) is 79.4 cm³/mol. The summed E-state index contributed by atoms with van der Waals surface area (Å²) in [6, 6.07) is 1.84. The molecule has 0 spiro atoms. The molecule has 104 valence electrons. The highest BCUT2D eigenvalue weighted by molar-refractivity contribution is 9.10. The summed E-state index contributed by atoms with van der Waals surface area (Å²) in [5, 5.41) is 7.27. The van der Waals surface area contributed by atoms with Crippen LogP contribution in [0.15, 0.2) is 35.3 Å². The van der Waals surface area contributed by atoms with Gasteiger partial charge in [-0.2, -0.15) is 5.10 Å². The maximum atomic E-state index is 12.6. The smallest absolute Gasteiger partial charge is 0.252 e. The molecule has 0 aromatic carbocycles. The highest BCUT2D eigenvalue weighted by Crippen LogP contribution is 2.44. The van der Waals surface area contributed by atoms with E-state index in [0.29, 0.717) is 0 Å². The number of nitrogens with zero attached hydrogens (tertiary/aromatic N) is 3. The number of pyridine rings is 1. The second-order valence-electron chi connectivity index (χ2n) is 4.98. The fourth-order valence-electron chi connectivity index (χ4n) is 2.28. The fraction of sp³-hybridized carbons (Fsp3) is 0.357. The van der Waals surface area contributed by atoms with Crippen molar-refractivity contribution in [2.75, 3.05) is 5.32 Å². The number of anilines is 1. The van der Waals surface area contributed by atoms with E-state index >= 15 is 0 Å². The third-order valence-electron chi connectivity index (χ3n) is 3.67. The lowest BCUT2D eigenvalue weighted by Gasteiger charge is -2.17. The maximum absolute atomic E-state index is 12.6. The van der Waals surface area contributed by atoms with E-state index in [0.717, 1.165) is 35.0 Å². The minimum atomic E-state index is -0.527. The number of carbonyl (C=O) groups is 1. The molecule has 0 aliphatic heterocycles. The van der Waals surface area contributed by atoms with Gasteiger partial charge in [0.1, 0.15) is 5.54 Å². The zero-order chi connectivity index (χ0) is 14.2. The van der Waals surface area contributed by atoms with Crippen LogP contribution in [-0.4, -0.2) is 20.7 Å². The average Bonchev–Trinajstić information content (AvgIpc) is 3.16. The number of aryl methyl sites for hydroxylation is 1. The summed E-state index contributed by atoms with van der Waals surface area (Å²) < 4.78 is 2.63. The molecule has 5 nitrogen and oxygen atoms in total. The zero-order valence-corrected chi connectivity index (χ0v) is 12.7. The van der Waals surface area contributed by atoms with Crippen LogP contribution in [0, 0.1) is 0 Å². The van der Waals surface area contributed by atoms with E-state index in [4.69, 9.17) is 0 Å². The Labute approximate surface area is 125 Å². The molecule has 1 aliphatic carbocycles. The molecule has 2 aromatic rings. The van der Waals surface area contributed by atoms with Gasteiger partial charge in [-0.15, -0.1) is 0 Å². The normalized spacial score (nSPS) is 15.9. The Morgan fingerprint density at radius 3 is 2.90 bits per heavy atom. The van der Waals surface area contributed by atoms with Gasteiger partial charge in [-0.05, 0) is 46.8 Å². The van der Waals surface area contributed by atoms with E-state index in [-0.39, 0.29) is 5.91 Å². The van der Waals surface area contributed by atoms with Crippen LogP contribution in [0.5, 0.6) is 0 Å². The van der Waals surface area contributed by atoms with Crippen LogP contribution in [0.3, 0.4) is 0 Å². The highest BCUT2D eigenvalue weighted by atomic mass is 79.9. The van der Waals surface area contributed by atoms with Gasteiger partial charge in [-0.1, -0.05) is 6.92 Å². The number of aromatic nitrogens is 3. The SMILES string of the molecule is CCc1cnccc1NC(=O)C1(n2cc(Br)cn2)CC1. The molecule has 0 bridgehead atoms. The number of amides is 1. The average molecular weight is 335 g/mol. The maximum Gasteiger partial charge on any atom is 0.252 e. The lowest BCUT2D eigenvalue weighted by Crippen LogP contribution is -2.34. The molecule has 0 atom stereocenters. The molecule has 0 saturated heterocycles. The molecular weight excluding hydrogens is 320 g/mol. The van der Waals surface area contributed by atoms with Gasteiger partial charge in [0.05, 0.1) is 10.7 Å². The molecule has 6 heteroatoms. The first-order chi connectivity index (χ1) is 9.65. The Kier molecular flexibility index (Phi) is 3.33. The van der Waals surface area contributed by atoms with Crippen molar-refractivity contribution in [2.24, 2.45) is 0 Å². The summed E-state index contributed by atoms with van der Waals surface area (Å²) in [5.74, 6) is -0.00556. The van der Waals surface area contributed by atoms with Crippen molar-refractivity contribution in [2.45, 2.75) is 31.7 Å². The molecule has 1 amide bonds. The first-order valence-electron chi connectivity index (χ1n) is 6.61. The van der Waals surface area contributed by atoms with E-state index in [9.17, 15) is 4.79 Å². The van der Waals surface area contributed by atoms with Crippen molar-refractivity contribution in [3.8, 4) is 0 Å². The van der Waals surface area contributed by atoms with Crippen LogP contribution in [0.1, 0.15) is 25.3 Å². The van der Waals surface area contributed by atoms with Gasteiger partial charge in [-0.25, -0.2) is 0 Å². The molecule has 0 radical (unpaired) electrons. The molecule has 1 N–H and O–H groups in total. The second kappa shape index (κ2) is 5.01. The topological polar surface area (TPSA) is 59.8 Å². The van der Waals surface area contributed by atoms with Crippen LogP contribution in [0.25, 0.3) is 0 Å². The van der Waals surface area contributed by atoms with Crippen molar-refractivity contribution < 1.29 is 4.79 Å². The predicted octanol–water partition coefficient (Wildman–Crippen LogP) is 2.73. The standard InChI is InChI=1S/C14H15BrN4O/c1-2-10-7-16-6-3-12(10)18-13(20)14(4-5-14)19-9-11(15)8-17-19/h3,6-9H,2,4-5H2,1H3,(H,16,18,20). The van der Waals surface area contributed by atoms with Crippen LogP contribution in [0.2, 0.25) is 0 Å². The number of hydrogen-bond acceptors (Lipinski definition) is 3. The minimum absolute atomic E-state index is 0.00556. The number of nitrogens with one attached hydrogen (secondary N) is 1. The van der Waals surface area contributed by atoms with Gasteiger partial charge in [0.2, 0.25) is 0 Å². The number of carbonyl (C=O) groups excluding carboxylic acids is 1. The van der Waals surface area contributed by atoms with E-state index < -0.39 is 5.54 Å². The van der Waals surface area contributed by atoms with Gasteiger partial charge in [0, 0.05) is 24.3 Å². The largest absolute Gasteiger partial charge is 0.324 e. The van der Waals surface area contributed by atoms with Crippen LogP contribution >= 0.6 is 15.9 Å². The van der Waals surface area contributed by atoms with E-state index in [2.05, 4.69) is 31.3 Å². The van der Waals surface area contributed by atoms with E-state index in [1.807, 2.05) is 19.2 Å². The summed E-state index contributed by atoms with van der Waals surface area (Å²) in [7, 11) is 0. The third kappa shape index (κ3) is 2.24. The molecule has 2 aromatic heterocycles. The van der Waals surface area contributed by atoms with Crippen LogP contribution in [0.4, 0.5) is 5.69 Å². The van der Waals surface area contributed by atoms with Crippen molar-refractivity contribution in [3.05, 3.63) is 40.9 Å². The zero-order valence-electron chi connectivity index (χ0n) is 11.1. The molecule has 20 heavy (non-hydrogen) atoms. The summed E-state index contributed by atoms with van der Waals surface area (Å²) in [5.41, 5.74) is 1.35. The fourth-order valence-corrected chi connectivity index (χ4v) is 2.57.